The molecule has 2 aliphatic heterocycles. The molecule has 0 N–H and O–H groups in total. The van der Waals surface area contributed by atoms with Crippen LogP contribution in [0.1, 0.15) is 30.9 Å². The van der Waals surface area contributed by atoms with Gasteiger partial charge < -0.3 is 9.80 Å². The molecule has 2 aromatic rings. The standard InChI is InChI=1S/C19H22N4O/c24-18(23-13-9-17(23)15-6-2-1-3-7-15)16-8-4-12-22(14-16)19-20-10-5-11-21-19/h1-3,5-7,10-11,16-17H,4,8-9,12-14H2/t16-,17+/m1/s1. The number of rotatable bonds is 3. The van der Waals surface area contributed by atoms with Crippen LogP contribution in [-0.2, 0) is 4.79 Å². The molecule has 1 aromatic carbocycles. The fourth-order valence-corrected chi connectivity index (χ4v) is 3.72. The lowest BCUT2D eigenvalue weighted by Gasteiger charge is -2.44. The Kier molecular flexibility index (Phi) is 4.15. The Balaban J connectivity index is 1.45. The second kappa shape index (κ2) is 6.59. The van der Waals surface area contributed by atoms with Crippen molar-refractivity contribution in [2.45, 2.75) is 25.3 Å². The fraction of sp³-hybridized carbons (Fsp3) is 0.421. The van der Waals surface area contributed by atoms with Crippen molar-refractivity contribution in [3.8, 4) is 0 Å². The van der Waals surface area contributed by atoms with Gasteiger partial charge in [-0.25, -0.2) is 9.97 Å². The Labute approximate surface area is 142 Å². The van der Waals surface area contributed by atoms with Gasteiger partial charge in [0.05, 0.1) is 12.0 Å². The first-order chi connectivity index (χ1) is 11.8. The quantitative estimate of drug-likeness (QED) is 0.872. The van der Waals surface area contributed by atoms with Crippen molar-refractivity contribution in [3.05, 3.63) is 54.4 Å². The molecule has 124 valence electrons. The van der Waals surface area contributed by atoms with Gasteiger partial charge in [0, 0.05) is 32.0 Å². The molecule has 2 saturated heterocycles. The van der Waals surface area contributed by atoms with Crippen molar-refractivity contribution in [2.24, 2.45) is 5.92 Å². The van der Waals surface area contributed by atoms with Crippen molar-refractivity contribution in [1.82, 2.24) is 14.9 Å². The minimum Gasteiger partial charge on any atom is -0.340 e. The zero-order valence-electron chi connectivity index (χ0n) is 13.7. The van der Waals surface area contributed by atoms with Crippen LogP contribution in [-0.4, -0.2) is 40.4 Å². The average molecular weight is 322 g/mol. The summed E-state index contributed by atoms with van der Waals surface area (Å²) in [6.07, 6.45) is 6.55. The summed E-state index contributed by atoms with van der Waals surface area (Å²) < 4.78 is 0. The molecule has 4 rings (SSSR count). The van der Waals surface area contributed by atoms with Gasteiger partial charge in [-0.1, -0.05) is 30.3 Å². The van der Waals surface area contributed by atoms with Crippen LogP contribution in [0.15, 0.2) is 48.8 Å². The minimum atomic E-state index is 0.0501. The summed E-state index contributed by atoms with van der Waals surface area (Å²) in [5.41, 5.74) is 1.25. The molecule has 0 bridgehead atoms. The molecule has 0 unspecified atom stereocenters. The Morgan fingerprint density at radius 3 is 2.50 bits per heavy atom. The van der Waals surface area contributed by atoms with Gasteiger partial charge in [-0.05, 0) is 30.9 Å². The normalized spacial score (nSPS) is 23.7. The molecule has 1 aromatic heterocycles. The maximum absolute atomic E-state index is 13.0. The van der Waals surface area contributed by atoms with Crippen molar-refractivity contribution >= 4 is 11.9 Å². The van der Waals surface area contributed by atoms with Gasteiger partial charge in [0.1, 0.15) is 0 Å². The number of hydrogen-bond acceptors (Lipinski definition) is 4. The van der Waals surface area contributed by atoms with Gasteiger partial charge in [-0.3, -0.25) is 4.79 Å². The number of carbonyl (C=O) groups excluding carboxylic acids is 1. The number of likely N-dealkylation sites (tertiary alicyclic amines) is 1. The lowest BCUT2D eigenvalue weighted by atomic mass is 9.90. The van der Waals surface area contributed by atoms with Gasteiger partial charge in [0.15, 0.2) is 0 Å². The molecule has 0 spiro atoms. The maximum Gasteiger partial charge on any atom is 0.227 e. The van der Waals surface area contributed by atoms with Crippen LogP contribution in [0.2, 0.25) is 0 Å². The van der Waals surface area contributed by atoms with Crippen LogP contribution in [0, 0.1) is 5.92 Å². The van der Waals surface area contributed by atoms with Crippen LogP contribution >= 0.6 is 0 Å². The van der Waals surface area contributed by atoms with Crippen LogP contribution in [0.25, 0.3) is 0 Å². The lowest BCUT2D eigenvalue weighted by Crippen LogP contribution is -2.51. The lowest BCUT2D eigenvalue weighted by molar-refractivity contribution is -0.144. The molecule has 0 aliphatic carbocycles. The number of aromatic nitrogens is 2. The Bertz CT molecular complexity index is 691. The molecule has 0 radical (unpaired) electrons. The Hall–Kier alpha value is -2.43. The SMILES string of the molecule is O=C([C@@H]1CCCN(c2ncccn2)C1)N1CC[C@H]1c1ccccc1. The first kappa shape index (κ1) is 15.1. The van der Waals surface area contributed by atoms with Gasteiger partial charge in [-0.2, -0.15) is 0 Å². The van der Waals surface area contributed by atoms with E-state index in [-0.39, 0.29) is 17.9 Å². The van der Waals surface area contributed by atoms with Crippen LogP contribution in [0.5, 0.6) is 0 Å². The minimum absolute atomic E-state index is 0.0501. The first-order valence-electron chi connectivity index (χ1n) is 8.70. The molecule has 5 nitrogen and oxygen atoms in total. The zero-order chi connectivity index (χ0) is 16.4. The summed E-state index contributed by atoms with van der Waals surface area (Å²) in [4.78, 5) is 25.8. The number of anilines is 1. The third kappa shape index (κ3) is 2.86. The number of benzene rings is 1. The van der Waals surface area contributed by atoms with E-state index in [9.17, 15) is 4.79 Å². The van der Waals surface area contributed by atoms with E-state index in [4.69, 9.17) is 0 Å². The molecule has 0 saturated carbocycles. The van der Waals surface area contributed by atoms with E-state index in [0.29, 0.717) is 0 Å². The van der Waals surface area contributed by atoms with Gasteiger partial charge in [0.25, 0.3) is 0 Å². The summed E-state index contributed by atoms with van der Waals surface area (Å²) >= 11 is 0. The highest BCUT2D eigenvalue weighted by atomic mass is 16.2. The predicted molar refractivity (Wildman–Crippen MR) is 92.5 cm³/mol. The number of hydrogen-bond donors (Lipinski definition) is 0. The first-order valence-corrected chi connectivity index (χ1v) is 8.70. The second-order valence-electron chi connectivity index (χ2n) is 6.58. The van der Waals surface area contributed by atoms with Crippen LogP contribution < -0.4 is 4.90 Å². The molecular formula is C19H22N4O. The fourth-order valence-electron chi connectivity index (χ4n) is 3.72. The molecule has 2 atom stereocenters. The van der Waals surface area contributed by atoms with Crippen LogP contribution in [0.3, 0.4) is 0 Å². The van der Waals surface area contributed by atoms with Gasteiger partial charge in [-0.15, -0.1) is 0 Å². The average Bonchev–Trinajstić information content (AvgIpc) is 2.62. The second-order valence-corrected chi connectivity index (χ2v) is 6.58. The van der Waals surface area contributed by atoms with E-state index >= 15 is 0 Å². The third-order valence-corrected chi connectivity index (χ3v) is 5.09. The summed E-state index contributed by atoms with van der Waals surface area (Å²) in [5, 5.41) is 0. The topological polar surface area (TPSA) is 49.3 Å². The van der Waals surface area contributed by atoms with Gasteiger partial charge in [0.2, 0.25) is 11.9 Å². The number of nitrogens with zero attached hydrogens (tertiary/aromatic N) is 4. The monoisotopic (exact) mass is 322 g/mol. The largest absolute Gasteiger partial charge is 0.340 e. The van der Waals surface area contributed by atoms with Crippen molar-refractivity contribution in [3.63, 3.8) is 0 Å². The third-order valence-electron chi connectivity index (χ3n) is 5.09. The van der Waals surface area contributed by atoms with E-state index in [1.165, 1.54) is 5.56 Å². The van der Waals surface area contributed by atoms with E-state index in [0.717, 1.165) is 44.8 Å². The van der Waals surface area contributed by atoms with Crippen molar-refractivity contribution < 1.29 is 4.79 Å². The van der Waals surface area contributed by atoms with Crippen molar-refractivity contribution in [2.75, 3.05) is 24.5 Å². The number of amides is 1. The van der Waals surface area contributed by atoms with E-state index < -0.39 is 0 Å². The van der Waals surface area contributed by atoms with E-state index in [1.54, 1.807) is 12.4 Å². The molecule has 2 fully saturated rings. The van der Waals surface area contributed by atoms with E-state index in [1.807, 2.05) is 24.3 Å². The van der Waals surface area contributed by atoms with Gasteiger partial charge >= 0.3 is 0 Å². The molecular weight excluding hydrogens is 300 g/mol. The zero-order valence-corrected chi connectivity index (χ0v) is 13.7. The highest BCUT2D eigenvalue weighted by Gasteiger charge is 2.38. The molecule has 24 heavy (non-hydrogen) atoms. The molecule has 1 amide bonds. The smallest absolute Gasteiger partial charge is 0.227 e. The Morgan fingerprint density at radius 1 is 1.00 bits per heavy atom. The van der Waals surface area contributed by atoms with Crippen LogP contribution in [0.4, 0.5) is 5.95 Å². The number of piperidine rings is 1. The highest BCUT2D eigenvalue weighted by molar-refractivity contribution is 5.81. The molecule has 3 heterocycles. The molecule has 2 aliphatic rings. The highest BCUT2D eigenvalue weighted by Crippen LogP contribution is 2.35. The maximum atomic E-state index is 13.0. The summed E-state index contributed by atoms with van der Waals surface area (Å²) in [7, 11) is 0. The summed E-state index contributed by atoms with van der Waals surface area (Å²) in [6.45, 7) is 2.52. The van der Waals surface area contributed by atoms with Crippen molar-refractivity contribution in [1.29, 1.82) is 0 Å². The Morgan fingerprint density at radius 2 is 1.79 bits per heavy atom. The predicted octanol–water partition coefficient (Wildman–Crippen LogP) is 2.67. The summed E-state index contributed by atoms with van der Waals surface area (Å²) in [5.74, 6) is 1.07. The molecule has 5 heteroatoms. The summed E-state index contributed by atoms with van der Waals surface area (Å²) in [6, 6.07) is 12.4. The number of carbonyl (C=O) groups is 1. The van der Waals surface area contributed by atoms with E-state index in [2.05, 4.69) is 31.9 Å².